The van der Waals surface area contributed by atoms with Gasteiger partial charge in [-0.2, -0.15) is 0 Å². The number of rotatable bonds is 6. The molecule has 0 bridgehead atoms. The molecule has 112 valence electrons. The number of aliphatic hydroxyl groups excluding tert-OH is 1. The van der Waals surface area contributed by atoms with E-state index in [2.05, 4.69) is 5.32 Å². The zero-order valence-electron chi connectivity index (χ0n) is 12.3. The molecule has 0 spiro atoms. The van der Waals surface area contributed by atoms with E-state index >= 15 is 0 Å². The Labute approximate surface area is 120 Å². The summed E-state index contributed by atoms with van der Waals surface area (Å²) < 4.78 is 5.88. The van der Waals surface area contributed by atoms with Crippen LogP contribution in [-0.2, 0) is 11.2 Å². The first-order chi connectivity index (χ1) is 9.33. The van der Waals surface area contributed by atoms with Gasteiger partial charge in [0.15, 0.2) is 0 Å². The van der Waals surface area contributed by atoms with Gasteiger partial charge in [0.1, 0.15) is 17.4 Å². The van der Waals surface area contributed by atoms with Crippen LogP contribution in [-0.4, -0.2) is 35.8 Å². The molecule has 0 aliphatic heterocycles. The SMILES string of the molecule is CC(C)(C)Oc1ccccc1CCNC(=O)C(N)CO. The van der Waals surface area contributed by atoms with Crippen LogP contribution in [0.15, 0.2) is 24.3 Å². The van der Waals surface area contributed by atoms with E-state index < -0.39 is 6.04 Å². The third-order valence-corrected chi connectivity index (χ3v) is 2.62. The Bertz CT molecular complexity index is 441. The lowest BCUT2D eigenvalue weighted by molar-refractivity contribution is -0.123. The van der Waals surface area contributed by atoms with Gasteiger partial charge in [0.2, 0.25) is 5.91 Å². The second-order valence-corrected chi connectivity index (χ2v) is 5.65. The molecule has 5 nitrogen and oxygen atoms in total. The van der Waals surface area contributed by atoms with Crippen LogP contribution in [0.3, 0.4) is 0 Å². The topological polar surface area (TPSA) is 84.6 Å². The van der Waals surface area contributed by atoms with E-state index in [-0.39, 0.29) is 18.1 Å². The van der Waals surface area contributed by atoms with E-state index in [0.29, 0.717) is 13.0 Å². The first-order valence-electron chi connectivity index (χ1n) is 6.74. The zero-order chi connectivity index (χ0) is 15.2. The van der Waals surface area contributed by atoms with Crippen molar-refractivity contribution < 1.29 is 14.6 Å². The molecule has 0 heterocycles. The third kappa shape index (κ3) is 5.59. The van der Waals surface area contributed by atoms with Crippen molar-refractivity contribution in [3.63, 3.8) is 0 Å². The summed E-state index contributed by atoms with van der Waals surface area (Å²) in [5.74, 6) is 0.474. The molecule has 20 heavy (non-hydrogen) atoms. The van der Waals surface area contributed by atoms with Crippen LogP contribution in [0.5, 0.6) is 5.75 Å². The van der Waals surface area contributed by atoms with E-state index in [9.17, 15) is 4.79 Å². The number of ether oxygens (including phenoxy) is 1. The molecule has 0 aromatic heterocycles. The van der Waals surface area contributed by atoms with Gasteiger partial charge in [-0.1, -0.05) is 18.2 Å². The van der Waals surface area contributed by atoms with Gasteiger partial charge in [0, 0.05) is 6.54 Å². The minimum Gasteiger partial charge on any atom is -0.488 e. The third-order valence-electron chi connectivity index (χ3n) is 2.62. The number of para-hydroxylation sites is 1. The van der Waals surface area contributed by atoms with Gasteiger partial charge in [-0.3, -0.25) is 4.79 Å². The smallest absolute Gasteiger partial charge is 0.239 e. The summed E-state index contributed by atoms with van der Waals surface area (Å²) in [5, 5.41) is 11.5. The molecule has 0 saturated carbocycles. The largest absolute Gasteiger partial charge is 0.488 e. The number of amides is 1. The number of carbonyl (C=O) groups is 1. The first-order valence-corrected chi connectivity index (χ1v) is 6.74. The van der Waals surface area contributed by atoms with Gasteiger partial charge < -0.3 is 20.9 Å². The minimum atomic E-state index is -0.865. The fourth-order valence-electron chi connectivity index (χ4n) is 1.67. The normalized spacial score (nSPS) is 12.8. The van der Waals surface area contributed by atoms with Gasteiger partial charge in [-0.15, -0.1) is 0 Å². The lowest BCUT2D eigenvalue weighted by atomic mass is 10.1. The molecular formula is C15H24N2O3. The van der Waals surface area contributed by atoms with Crippen LogP contribution in [0, 0.1) is 0 Å². The Balaban J connectivity index is 2.58. The minimum absolute atomic E-state index is 0.265. The number of hydrogen-bond donors (Lipinski definition) is 3. The second-order valence-electron chi connectivity index (χ2n) is 5.65. The van der Waals surface area contributed by atoms with Crippen LogP contribution >= 0.6 is 0 Å². The van der Waals surface area contributed by atoms with E-state index in [1.807, 2.05) is 45.0 Å². The summed E-state index contributed by atoms with van der Waals surface area (Å²) in [6.07, 6.45) is 0.649. The monoisotopic (exact) mass is 280 g/mol. The Kier molecular flexibility index (Phi) is 5.98. The lowest BCUT2D eigenvalue weighted by Crippen LogP contribution is -2.43. The molecule has 0 aliphatic rings. The number of aliphatic hydroxyl groups is 1. The highest BCUT2D eigenvalue weighted by Gasteiger charge is 2.15. The lowest BCUT2D eigenvalue weighted by Gasteiger charge is -2.23. The van der Waals surface area contributed by atoms with Crippen molar-refractivity contribution >= 4 is 5.91 Å². The quantitative estimate of drug-likeness (QED) is 0.721. The molecule has 4 N–H and O–H groups in total. The number of nitrogens with two attached hydrogens (primary N) is 1. The van der Waals surface area contributed by atoms with E-state index in [1.165, 1.54) is 0 Å². The number of carbonyl (C=O) groups excluding carboxylic acids is 1. The Morgan fingerprint density at radius 2 is 2.05 bits per heavy atom. The van der Waals surface area contributed by atoms with Crippen LogP contribution in [0.2, 0.25) is 0 Å². The van der Waals surface area contributed by atoms with Crippen LogP contribution < -0.4 is 15.8 Å². The number of hydrogen-bond acceptors (Lipinski definition) is 4. The van der Waals surface area contributed by atoms with Gasteiger partial charge >= 0.3 is 0 Å². The van der Waals surface area contributed by atoms with Gasteiger partial charge in [0.05, 0.1) is 6.61 Å². The van der Waals surface area contributed by atoms with E-state index in [4.69, 9.17) is 15.6 Å². The second kappa shape index (κ2) is 7.26. The molecule has 1 rings (SSSR count). The number of benzene rings is 1. The molecule has 1 aromatic rings. The Hall–Kier alpha value is -1.59. The van der Waals surface area contributed by atoms with Crippen molar-refractivity contribution in [1.82, 2.24) is 5.32 Å². The first kappa shape index (κ1) is 16.5. The fraction of sp³-hybridized carbons (Fsp3) is 0.533. The van der Waals surface area contributed by atoms with Gasteiger partial charge in [0.25, 0.3) is 0 Å². The van der Waals surface area contributed by atoms with Crippen molar-refractivity contribution in [1.29, 1.82) is 0 Å². The van der Waals surface area contributed by atoms with Crippen molar-refractivity contribution in [3.05, 3.63) is 29.8 Å². The van der Waals surface area contributed by atoms with Crippen molar-refractivity contribution in [2.45, 2.75) is 38.8 Å². The summed E-state index contributed by atoms with van der Waals surface area (Å²) in [6, 6.07) is 6.88. The van der Waals surface area contributed by atoms with Crippen molar-refractivity contribution in [3.8, 4) is 5.75 Å². The van der Waals surface area contributed by atoms with Gasteiger partial charge in [-0.25, -0.2) is 0 Å². The molecular weight excluding hydrogens is 256 g/mol. The Morgan fingerprint density at radius 3 is 2.65 bits per heavy atom. The predicted octanol–water partition coefficient (Wildman–Crippen LogP) is 0.842. The summed E-state index contributed by atoms with van der Waals surface area (Å²) in [5.41, 5.74) is 6.19. The van der Waals surface area contributed by atoms with Crippen LogP contribution in [0.1, 0.15) is 26.3 Å². The predicted molar refractivity (Wildman–Crippen MR) is 78.6 cm³/mol. The molecule has 1 atom stereocenters. The average Bonchev–Trinajstić information content (AvgIpc) is 2.38. The maximum Gasteiger partial charge on any atom is 0.239 e. The summed E-state index contributed by atoms with van der Waals surface area (Å²) in [4.78, 5) is 11.5. The highest BCUT2D eigenvalue weighted by molar-refractivity contribution is 5.81. The average molecular weight is 280 g/mol. The molecule has 0 radical (unpaired) electrons. The van der Waals surface area contributed by atoms with Gasteiger partial charge in [-0.05, 0) is 38.8 Å². The highest BCUT2D eigenvalue weighted by Crippen LogP contribution is 2.23. The molecule has 0 aliphatic carbocycles. The standard InChI is InChI=1S/C15H24N2O3/c1-15(2,3)20-13-7-5-4-6-11(13)8-9-17-14(19)12(16)10-18/h4-7,12,18H,8-10,16H2,1-3H3,(H,17,19). The maximum atomic E-state index is 11.5. The number of nitrogens with one attached hydrogen (secondary N) is 1. The summed E-state index contributed by atoms with van der Waals surface area (Å²) >= 11 is 0. The van der Waals surface area contributed by atoms with E-state index in [0.717, 1.165) is 11.3 Å². The zero-order valence-corrected chi connectivity index (χ0v) is 12.3. The van der Waals surface area contributed by atoms with Crippen LogP contribution in [0.25, 0.3) is 0 Å². The van der Waals surface area contributed by atoms with Crippen LogP contribution in [0.4, 0.5) is 0 Å². The summed E-state index contributed by atoms with van der Waals surface area (Å²) in [6.45, 7) is 6.08. The molecule has 0 fully saturated rings. The van der Waals surface area contributed by atoms with Crippen molar-refractivity contribution in [2.75, 3.05) is 13.2 Å². The molecule has 5 heteroatoms. The highest BCUT2D eigenvalue weighted by atomic mass is 16.5. The Morgan fingerprint density at radius 1 is 1.40 bits per heavy atom. The molecule has 0 saturated heterocycles. The van der Waals surface area contributed by atoms with E-state index in [1.54, 1.807) is 0 Å². The fourth-order valence-corrected chi connectivity index (χ4v) is 1.67. The van der Waals surface area contributed by atoms with Crippen molar-refractivity contribution in [2.24, 2.45) is 5.73 Å². The molecule has 1 amide bonds. The maximum absolute atomic E-state index is 11.5. The summed E-state index contributed by atoms with van der Waals surface area (Å²) in [7, 11) is 0. The molecule has 1 unspecified atom stereocenters. The molecule has 1 aromatic carbocycles.